The van der Waals surface area contributed by atoms with E-state index in [0.717, 1.165) is 41.2 Å². The molecule has 1 saturated heterocycles. The van der Waals surface area contributed by atoms with Gasteiger partial charge in [-0.05, 0) is 37.5 Å². The summed E-state index contributed by atoms with van der Waals surface area (Å²) in [5.41, 5.74) is 9.77. The predicted molar refractivity (Wildman–Crippen MR) is 124 cm³/mol. The molecule has 1 aromatic heterocycles. The number of nitrogens with two attached hydrogens (primary N) is 1. The number of pyridine rings is 1. The number of benzene rings is 1. The standard InChI is InChI=1S/C23H30N6O3/c1-3-28-23-19(14-29(28)17-6-4-15(5-7-17)12-20(30)25-2)21(18(13-26-23)22(24)31)27-16-8-10-32-11-9-16/h4-7,13,16H,3,8-12,14H2,1-2H3,(H2,24,31)(H,25,30)(H,26,27). The summed E-state index contributed by atoms with van der Waals surface area (Å²) in [6.45, 7) is 4.75. The number of hydrazine groups is 1. The van der Waals surface area contributed by atoms with Crippen molar-refractivity contribution in [2.45, 2.75) is 38.8 Å². The highest BCUT2D eigenvalue weighted by molar-refractivity contribution is 6.00. The summed E-state index contributed by atoms with van der Waals surface area (Å²) in [4.78, 5) is 28.4. The van der Waals surface area contributed by atoms with Gasteiger partial charge in [-0.2, -0.15) is 0 Å². The van der Waals surface area contributed by atoms with E-state index >= 15 is 0 Å². The van der Waals surface area contributed by atoms with Crippen LogP contribution in [-0.2, 0) is 22.5 Å². The number of rotatable bonds is 7. The summed E-state index contributed by atoms with van der Waals surface area (Å²) in [6, 6.07) is 8.16. The molecule has 2 aliphatic heterocycles. The Morgan fingerprint density at radius 1 is 1.22 bits per heavy atom. The summed E-state index contributed by atoms with van der Waals surface area (Å²) < 4.78 is 5.47. The largest absolute Gasteiger partial charge is 0.381 e. The molecule has 0 unspecified atom stereocenters. The average molecular weight is 439 g/mol. The molecule has 2 aliphatic rings. The fourth-order valence-electron chi connectivity index (χ4n) is 4.27. The van der Waals surface area contributed by atoms with Crippen molar-refractivity contribution < 1.29 is 14.3 Å². The second-order valence-electron chi connectivity index (χ2n) is 8.03. The first-order valence-electron chi connectivity index (χ1n) is 11.0. The molecule has 2 aromatic rings. The Balaban J connectivity index is 1.65. The van der Waals surface area contributed by atoms with Crippen molar-refractivity contribution in [3.8, 4) is 0 Å². The van der Waals surface area contributed by atoms with Crippen LogP contribution in [0.25, 0.3) is 0 Å². The monoisotopic (exact) mass is 438 g/mol. The van der Waals surface area contributed by atoms with Crippen molar-refractivity contribution in [3.05, 3.63) is 47.2 Å². The second-order valence-corrected chi connectivity index (χ2v) is 8.03. The number of aromatic nitrogens is 1. The number of amides is 2. The third-order valence-corrected chi connectivity index (χ3v) is 6.01. The molecule has 9 nitrogen and oxygen atoms in total. The van der Waals surface area contributed by atoms with Crippen LogP contribution in [0.5, 0.6) is 0 Å². The van der Waals surface area contributed by atoms with Crippen LogP contribution in [0, 0.1) is 0 Å². The van der Waals surface area contributed by atoms with Gasteiger partial charge in [0.25, 0.3) is 5.91 Å². The Morgan fingerprint density at radius 3 is 2.56 bits per heavy atom. The third kappa shape index (κ3) is 4.34. The van der Waals surface area contributed by atoms with Gasteiger partial charge in [0.1, 0.15) is 0 Å². The SMILES string of the molecule is CCN1c2ncc(C(N)=O)c(NC3CCOCC3)c2CN1c1ccc(CC(=O)NC)cc1. The number of carbonyl (C=O) groups excluding carboxylic acids is 2. The van der Waals surface area contributed by atoms with E-state index in [0.29, 0.717) is 38.3 Å². The van der Waals surface area contributed by atoms with Crippen LogP contribution >= 0.6 is 0 Å². The summed E-state index contributed by atoms with van der Waals surface area (Å²) >= 11 is 0. The molecule has 170 valence electrons. The molecule has 0 atom stereocenters. The smallest absolute Gasteiger partial charge is 0.252 e. The fourth-order valence-corrected chi connectivity index (χ4v) is 4.27. The Hall–Kier alpha value is -3.33. The highest BCUT2D eigenvalue weighted by Crippen LogP contribution is 2.39. The van der Waals surface area contributed by atoms with Crippen LogP contribution in [-0.4, -0.2) is 49.6 Å². The van der Waals surface area contributed by atoms with Gasteiger partial charge in [0, 0.05) is 44.6 Å². The highest BCUT2D eigenvalue weighted by Gasteiger charge is 2.33. The van der Waals surface area contributed by atoms with Gasteiger partial charge in [-0.3, -0.25) is 19.6 Å². The molecule has 4 N–H and O–H groups in total. The number of carbonyl (C=O) groups is 2. The van der Waals surface area contributed by atoms with Crippen LogP contribution in [0.2, 0.25) is 0 Å². The minimum absolute atomic E-state index is 0.0199. The van der Waals surface area contributed by atoms with Gasteiger partial charge >= 0.3 is 0 Å². The van der Waals surface area contributed by atoms with E-state index in [-0.39, 0.29) is 11.9 Å². The maximum Gasteiger partial charge on any atom is 0.252 e. The van der Waals surface area contributed by atoms with Gasteiger partial charge in [0.15, 0.2) is 5.82 Å². The summed E-state index contributed by atoms with van der Waals surface area (Å²) in [5.74, 6) is 0.310. The molecule has 9 heteroatoms. The number of hydrogen-bond acceptors (Lipinski definition) is 7. The van der Waals surface area contributed by atoms with Crippen LogP contribution < -0.4 is 26.4 Å². The van der Waals surface area contributed by atoms with Crippen LogP contribution in [0.15, 0.2) is 30.5 Å². The lowest BCUT2D eigenvalue weighted by atomic mass is 10.0. The Morgan fingerprint density at radius 2 is 1.94 bits per heavy atom. The topological polar surface area (TPSA) is 113 Å². The van der Waals surface area contributed by atoms with Gasteiger partial charge in [-0.25, -0.2) is 4.98 Å². The fraction of sp³-hybridized carbons (Fsp3) is 0.435. The number of hydrogen-bond donors (Lipinski definition) is 3. The number of nitrogens with one attached hydrogen (secondary N) is 2. The van der Waals surface area contributed by atoms with E-state index in [1.807, 2.05) is 24.3 Å². The molecule has 0 saturated carbocycles. The van der Waals surface area contributed by atoms with Gasteiger partial charge in [0.05, 0.1) is 29.9 Å². The lowest BCUT2D eigenvalue weighted by molar-refractivity contribution is -0.119. The van der Waals surface area contributed by atoms with Crippen molar-refractivity contribution in [2.75, 3.05) is 42.1 Å². The third-order valence-electron chi connectivity index (χ3n) is 6.01. The van der Waals surface area contributed by atoms with E-state index in [1.165, 1.54) is 0 Å². The summed E-state index contributed by atoms with van der Waals surface area (Å²) in [5, 5.41) is 10.5. The van der Waals surface area contributed by atoms with Gasteiger partial charge < -0.3 is 21.1 Å². The van der Waals surface area contributed by atoms with Crippen molar-refractivity contribution in [3.63, 3.8) is 0 Å². The summed E-state index contributed by atoms with van der Waals surface area (Å²) in [7, 11) is 1.64. The van der Waals surface area contributed by atoms with Crippen LogP contribution in [0.3, 0.4) is 0 Å². The molecule has 0 radical (unpaired) electrons. The number of anilines is 3. The maximum atomic E-state index is 12.2. The lowest BCUT2D eigenvalue weighted by Crippen LogP contribution is -2.37. The van der Waals surface area contributed by atoms with Crippen LogP contribution in [0.4, 0.5) is 17.2 Å². The quantitative estimate of drug-likeness (QED) is 0.604. The predicted octanol–water partition coefficient (Wildman–Crippen LogP) is 1.82. The zero-order valence-electron chi connectivity index (χ0n) is 18.6. The molecular weight excluding hydrogens is 408 g/mol. The molecule has 3 heterocycles. The van der Waals surface area contributed by atoms with E-state index < -0.39 is 5.91 Å². The molecule has 0 bridgehead atoms. The average Bonchev–Trinajstić information content (AvgIpc) is 3.19. The number of fused-ring (bicyclic) bond motifs is 1. The number of likely N-dealkylation sites (N-methyl/N-ethyl adjacent to an activating group) is 1. The molecular formula is C23H30N6O3. The number of nitrogens with zero attached hydrogens (tertiary/aromatic N) is 3. The second kappa shape index (κ2) is 9.44. The zero-order chi connectivity index (χ0) is 22.7. The van der Waals surface area contributed by atoms with E-state index in [4.69, 9.17) is 10.5 Å². The normalized spacial score (nSPS) is 16.1. The van der Waals surface area contributed by atoms with E-state index in [2.05, 4.69) is 32.6 Å². The van der Waals surface area contributed by atoms with Crippen LogP contribution in [0.1, 0.15) is 41.3 Å². The highest BCUT2D eigenvalue weighted by atomic mass is 16.5. The van der Waals surface area contributed by atoms with Gasteiger partial charge in [-0.1, -0.05) is 12.1 Å². The first kappa shape index (κ1) is 21.9. The van der Waals surface area contributed by atoms with Gasteiger partial charge in [0.2, 0.25) is 5.91 Å². The minimum atomic E-state index is -0.491. The van der Waals surface area contributed by atoms with Crippen molar-refractivity contribution in [1.29, 1.82) is 0 Å². The van der Waals surface area contributed by atoms with Crippen molar-refractivity contribution >= 4 is 29.0 Å². The maximum absolute atomic E-state index is 12.2. The number of ether oxygens (including phenoxy) is 1. The van der Waals surface area contributed by atoms with Crippen molar-refractivity contribution in [1.82, 2.24) is 10.3 Å². The first-order valence-corrected chi connectivity index (χ1v) is 11.0. The molecule has 4 rings (SSSR count). The number of primary amides is 1. The first-order chi connectivity index (χ1) is 15.5. The van der Waals surface area contributed by atoms with E-state index in [1.54, 1.807) is 13.2 Å². The zero-order valence-corrected chi connectivity index (χ0v) is 18.6. The summed E-state index contributed by atoms with van der Waals surface area (Å²) in [6.07, 6.45) is 3.67. The Labute approximate surface area is 187 Å². The molecule has 2 amide bonds. The van der Waals surface area contributed by atoms with Crippen molar-refractivity contribution in [2.24, 2.45) is 5.73 Å². The van der Waals surface area contributed by atoms with Gasteiger partial charge in [-0.15, -0.1) is 0 Å². The molecule has 0 spiro atoms. The minimum Gasteiger partial charge on any atom is -0.381 e. The molecule has 0 aliphatic carbocycles. The molecule has 32 heavy (non-hydrogen) atoms. The Kier molecular flexibility index (Phi) is 6.45. The Bertz CT molecular complexity index is 988. The molecule has 1 fully saturated rings. The van der Waals surface area contributed by atoms with E-state index in [9.17, 15) is 9.59 Å². The molecule has 1 aromatic carbocycles. The lowest BCUT2D eigenvalue weighted by Gasteiger charge is -2.30.